The van der Waals surface area contributed by atoms with Gasteiger partial charge < -0.3 is 14.4 Å². The first-order valence-electron chi connectivity index (χ1n) is 8.49. The van der Waals surface area contributed by atoms with E-state index in [-0.39, 0.29) is 18.2 Å². The van der Waals surface area contributed by atoms with Crippen molar-refractivity contribution in [2.45, 2.75) is 11.7 Å². The van der Waals surface area contributed by atoms with Crippen molar-refractivity contribution >= 4 is 27.1 Å². The van der Waals surface area contributed by atoms with Gasteiger partial charge in [0.1, 0.15) is 13.2 Å². The first kappa shape index (κ1) is 17.4. The number of nitrogens with zero attached hydrogens (tertiary/aromatic N) is 1. The van der Waals surface area contributed by atoms with Crippen molar-refractivity contribution in [1.29, 1.82) is 0 Å². The second-order valence-electron chi connectivity index (χ2n) is 6.28. The standard InChI is InChI=1S/C18H19NO5S2/c20-18(13-3-1-4-14-17(13)24-10-9-23-14)19-7-6-16(15-5-2-11-25-15)26(21,22)12-8-19/h1-5,11,16H,6-10,12H2/t16-/m1/s1. The number of carbonyl (C=O) groups is 1. The molecule has 0 unspecified atom stereocenters. The van der Waals surface area contributed by atoms with Crippen molar-refractivity contribution in [2.24, 2.45) is 0 Å². The lowest BCUT2D eigenvalue weighted by Gasteiger charge is -2.24. The highest BCUT2D eigenvalue weighted by molar-refractivity contribution is 7.91. The van der Waals surface area contributed by atoms with Crippen molar-refractivity contribution in [3.8, 4) is 11.5 Å². The predicted octanol–water partition coefficient (Wildman–Crippen LogP) is 2.52. The van der Waals surface area contributed by atoms with E-state index in [1.165, 1.54) is 11.3 Å². The van der Waals surface area contributed by atoms with Crippen LogP contribution in [0.15, 0.2) is 35.7 Å². The van der Waals surface area contributed by atoms with Crippen LogP contribution in [0.25, 0.3) is 0 Å². The van der Waals surface area contributed by atoms with Gasteiger partial charge in [-0.2, -0.15) is 0 Å². The van der Waals surface area contributed by atoms with E-state index < -0.39 is 15.1 Å². The van der Waals surface area contributed by atoms with Gasteiger partial charge in [0, 0.05) is 18.0 Å². The van der Waals surface area contributed by atoms with Gasteiger partial charge in [-0.15, -0.1) is 11.3 Å². The van der Waals surface area contributed by atoms with Crippen LogP contribution >= 0.6 is 11.3 Å². The molecule has 138 valence electrons. The lowest BCUT2D eigenvalue weighted by molar-refractivity contribution is 0.0756. The Balaban J connectivity index is 1.59. The minimum atomic E-state index is -3.29. The van der Waals surface area contributed by atoms with Crippen molar-refractivity contribution in [1.82, 2.24) is 4.90 Å². The molecule has 0 bridgehead atoms. The molecule has 1 atom stereocenters. The summed E-state index contributed by atoms with van der Waals surface area (Å²) >= 11 is 1.45. The second-order valence-corrected chi connectivity index (χ2v) is 9.56. The fourth-order valence-corrected chi connectivity index (χ4v) is 6.36. The smallest absolute Gasteiger partial charge is 0.257 e. The van der Waals surface area contributed by atoms with E-state index in [0.29, 0.717) is 43.2 Å². The molecule has 1 saturated heterocycles. The average molecular weight is 393 g/mol. The van der Waals surface area contributed by atoms with Gasteiger partial charge in [-0.1, -0.05) is 12.1 Å². The number of benzene rings is 1. The van der Waals surface area contributed by atoms with Crippen LogP contribution in [0.2, 0.25) is 0 Å². The summed E-state index contributed by atoms with van der Waals surface area (Å²) in [6, 6.07) is 8.93. The average Bonchev–Trinajstić information content (AvgIpc) is 3.12. The number of para-hydroxylation sites is 1. The van der Waals surface area contributed by atoms with Crippen molar-refractivity contribution in [3.63, 3.8) is 0 Å². The molecule has 0 spiro atoms. The first-order chi connectivity index (χ1) is 12.6. The van der Waals surface area contributed by atoms with Crippen LogP contribution in [0.1, 0.15) is 26.9 Å². The fraction of sp³-hybridized carbons (Fsp3) is 0.389. The van der Waals surface area contributed by atoms with Crippen molar-refractivity contribution in [2.75, 3.05) is 32.1 Å². The Morgan fingerprint density at radius 2 is 1.96 bits per heavy atom. The molecule has 0 saturated carbocycles. The summed E-state index contributed by atoms with van der Waals surface area (Å²) in [5, 5.41) is 1.34. The van der Waals surface area contributed by atoms with Crippen LogP contribution in [0, 0.1) is 0 Å². The maximum absolute atomic E-state index is 13.0. The second kappa shape index (κ2) is 6.92. The molecule has 0 radical (unpaired) electrons. The van der Waals surface area contributed by atoms with E-state index in [0.717, 1.165) is 4.88 Å². The summed E-state index contributed by atoms with van der Waals surface area (Å²) in [6.45, 7) is 1.43. The summed E-state index contributed by atoms with van der Waals surface area (Å²) in [6.07, 6.45) is 0.404. The van der Waals surface area contributed by atoms with Crippen LogP contribution in [-0.2, 0) is 9.84 Å². The summed E-state index contributed by atoms with van der Waals surface area (Å²) in [5.41, 5.74) is 0.425. The topological polar surface area (TPSA) is 72.9 Å². The van der Waals surface area contributed by atoms with Gasteiger partial charge in [0.2, 0.25) is 0 Å². The molecule has 2 aliphatic heterocycles. The third-order valence-electron chi connectivity index (χ3n) is 4.68. The molecular formula is C18H19NO5S2. The van der Waals surface area contributed by atoms with E-state index in [1.54, 1.807) is 23.1 Å². The molecule has 2 aliphatic rings. The number of rotatable bonds is 2. The van der Waals surface area contributed by atoms with E-state index in [1.807, 2.05) is 17.5 Å². The molecule has 1 fully saturated rings. The molecule has 1 aromatic heterocycles. The number of hydrogen-bond donors (Lipinski definition) is 0. The normalized spacial score (nSPS) is 21.8. The predicted molar refractivity (Wildman–Crippen MR) is 98.8 cm³/mol. The van der Waals surface area contributed by atoms with Gasteiger partial charge in [0.05, 0.1) is 16.6 Å². The molecule has 0 aliphatic carbocycles. The minimum Gasteiger partial charge on any atom is -0.486 e. The zero-order valence-electron chi connectivity index (χ0n) is 14.1. The van der Waals surface area contributed by atoms with Crippen LogP contribution in [0.5, 0.6) is 11.5 Å². The van der Waals surface area contributed by atoms with Crippen LogP contribution < -0.4 is 9.47 Å². The van der Waals surface area contributed by atoms with E-state index >= 15 is 0 Å². The Bertz CT molecular complexity index is 908. The van der Waals surface area contributed by atoms with Crippen LogP contribution in [0.4, 0.5) is 0 Å². The van der Waals surface area contributed by atoms with Gasteiger partial charge >= 0.3 is 0 Å². The number of carbonyl (C=O) groups excluding carboxylic acids is 1. The quantitative estimate of drug-likeness (QED) is 0.784. The number of amides is 1. The lowest BCUT2D eigenvalue weighted by atomic mass is 10.1. The SMILES string of the molecule is O=C(c1cccc2c1OCCO2)N1CC[C@H](c2cccs2)S(=O)(=O)CC1. The highest BCUT2D eigenvalue weighted by Crippen LogP contribution is 2.36. The molecule has 3 heterocycles. The highest BCUT2D eigenvalue weighted by Gasteiger charge is 2.34. The van der Waals surface area contributed by atoms with Crippen LogP contribution in [-0.4, -0.2) is 51.3 Å². The Morgan fingerprint density at radius 3 is 2.77 bits per heavy atom. The summed E-state index contributed by atoms with van der Waals surface area (Å²) in [5.74, 6) is 0.759. The van der Waals surface area contributed by atoms with Gasteiger partial charge in [0.25, 0.3) is 5.91 Å². The lowest BCUT2D eigenvalue weighted by Crippen LogP contribution is -2.34. The van der Waals surface area contributed by atoms with Crippen LogP contribution in [0.3, 0.4) is 0 Å². The number of ether oxygens (including phenoxy) is 2. The molecule has 0 N–H and O–H groups in total. The van der Waals surface area contributed by atoms with Gasteiger partial charge in [-0.3, -0.25) is 4.79 Å². The van der Waals surface area contributed by atoms with E-state index in [2.05, 4.69) is 0 Å². The fourth-order valence-electron chi connectivity index (χ4n) is 3.35. The third-order valence-corrected chi connectivity index (χ3v) is 7.93. The Morgan fingerprint density at radius 1 is 1.12 bits per heavy atom. The number of hydrogen-bond acceptors (Lipinski definition) is 6. The maximum Gasteiger partial charge on any atom is 0.257 e. The summed E-state index contributed by atoms with van der Waals surface area (Å²) in [7, 11) is -3.29. The third kappa shape index (κ3) is 3.19. The summed E-state index contributed by atoms with van der Waals surface area (Å²) in [4.78, 5) is 15.5. The zero-order valence-corrected chi connectivity index (χ0v) is 15.7. The molecule has 1 aromatic carbocycles. The Kier molecular flexibility index (Phi) is 4.62. The molecule has 8 heteroatoms. The first-order valence-corrected chi connectivity index (χ1v) is 11.1. The molecule has 26 heavy (non-hydrogen) atoms. The molecular weight excluding hydrogens is 374 g/mol. The molecule has 2 aromatic rings. The van der Waals surface area contributed by atoms with E-state index in [4.69, 9.17) is 9.47 Å². The Labute approximate surface area is 156 Å². The number of sulfone groups is 1. The van der Waals surface area contributed by atoms with Crippen molar-refractivity contribution < 1.29 is 22.7 Å². The monoisotopic (exact) mass is 393 g/mol. The molecule has 6 nitrogen and oxygen atoms in total. The highest BCUT2D eigenvalue weighted by atomic mass is 32.2. The number of thiophene rings is 1. The van der Waals surface area contributed by atoms with E-state index in [9.17, 15) is 13.2 Å². The van der Waals surface area contributed by atoms with Gasteiger partial charge in [-0.05, 0) is 30.0 Å². The Hall–Kier alpha value is -2.06. The molecule has 1 amide bonds. The zero-order chi connectivity index (χ0) is 18.1. The van der Waals surface area contributed by atoms with Crippen molar-refractivity contribution in [3.05, 3.63) is 46.2 Å². The minimum absolute atomic E-state index is 0.0340. The number of fused-ring (bicyclic) bond motifs is 1. The maximum atomic E-state index is 13.0. The van der Waals surface area contributed by atoms with Gasteiger partial charge in [0.15, 0.2) is 21.3 Å². The largest absolute Gasteiger partial charge is 0.486 e. The molecule has 4 rings (SSSR count). The summed E-state index contributed by atoms with van der Waals surface area (Å²) < 4.78 is 36.5. The van der Waals surface area contributed by atoms with Gasteiger partial charge in [-0.25, -0.2) is 8.42 Å².